The minimum absolute atomic E-state index is 0. The van der Waals surface area contributed by atoms with Crippen molar-refractivity contribution in [2.45, 2.75) is 50.4 Å². The molecule has 0 heterocycles. The van der Waals surface area contributed by atoms with E-state index in [0.717, 1.165) is 26.0 Å². The zero-order chi connectivity index (χ0) is 20.2. The number of rotatable bonds is 8. The van der Waals surface area contributed by atoms with Gasteiger partial charge in [-0.05, 0) is 42.7 Å². The van der Waals surface area contributed by atoms with Gasteiger partial charge in [-0.1, -0.05) is 24.6 Å². The molecule has 9 heteroatoms. The normalized spacial score (nSPS) is 22.9. The fraction of sp³-hybridized carbons (Fsp3) is 0.650. The Hall–Kier alpha value is -1.23. The van der Waals surface area contributed by atoms with Gasteiger partial charge in [-0.15, -0.1) is 37.1 Å². The maximum Gasteiger partial charge on any atom is 0.573 e. The molecule has 2 saturated carbocycles. The zero-order valence-electron chi connectivity index (χ0n) is 16.7. The lowest BCUT2D eigenvalue weighted by Gasteiger charge is -2.42. The third-order valence-electron chi connectivity index (χ3n) is 5.76. The molecule has 2 aliphatic rings. The van der Waals surface area contributed by atoms with E-state index in [4.69, 9.17) is 4.74 Å². The van der Waals surface area contributed by atoms with E-state index in [2.05, 4.69) is 20.4 Å². The summed E-state index contributed by atoms with van der Waals surface area (Å²) in [7, 11) is 3.42. The van der Waals surface area contributed by atoms with Crippen molar-refractivity contribution in [2.75, 3.05) is 27.3 Å². The van der Waals surface area contributed by atoms with E-state index in [9.17, 15) is 13.2 Å². The van der Waals surface area contributed by atoms with Crippen molar-refractivity contribution in [1.29, 1.82) is 0 Å². The van der Waals surface area contributed by atoms with Crippen LogP contribution in [0, 0.1) is 5.41 Å². The average Bonchev–Trinajstić information content (AvgIpc) is 3.37. The van der Waals surface area contributed by atoms with Crippen LogP contribution < -0.4 is 15.4 Å². The van der Waals surface area contributed by atoms with E-state index < -0.39 is 6.36 Å². The molecule has 0 bridgehead atoms. The minimum atomic E-state index is -4.69. The second-order valence-corrected chi connectivity index (χ2v) is 7.70. The fourth-order valence-electron chi connectivity index (χ4n) is 3.85. The van der Waals surface area contributed by atoms with Crippen LogP contribution >= 0.6 is 24.0 Å². The highest BCUT2D eigenvalue weighted by atomic mass is 127. The molecule has 2 atom stereocenters. The molecule has 1 aromatic rings. The van der Waals surface area contributed by atoms with Gasteiger partial charge in [0.2, 0.25) is 0 Å². The molecule has 3 rings (SSSR count). The number of aliphatic imine (C=N–C) groups is 1. The van der Waals surface area contributed by atoms with Crippen molar-refractivity contribution < 1.29 is 22.6 Å². The second kappa shape index (κ2) is 10.2. The van der Waals surface area contributed by atoms with Gasteiger partial charge in [0, 0.05) is 39.3 Å². The Morgan fingerprint density at radius 3 is 2.59 bits per heavy atom. The molecule has 1 aromatic carbocycles. The van der Waals surface area contributed by atoms with E-state index in [0.29, 0.717) is 11.5 Å². The molecule has 0 saturated heterocycles. The molecular weight excluding hydrogens is 498 g/mol. The van der Waals surface area contributed by atoms with Gasteiger partial charge in [-0.3, -0.25) is 4.99 Å². The second-order valence-electron chi connectivity index (χ2n) is 7.70. The maximum atomic E-state index is 12.6. The summed E-state index contributed by atoms with van der Waals surface area (Å²) in [5.41, 5.74) is 0.826. The zero-order valence-corrected chi connectivity index (χ0v) is 19.1. The number of nitrogens with zero attached hydrogens (tertiary/aromatic N) is 1. The van der Waals surface area contributed by atoms with Gasteiger partial charge in [0.05, 0.1) is 0 Å². The Morgan fingerprint density at radius 1 is 1.28 bits per heavy atom. The number of hydrogen-bond donors (Lipinski definition) is 2. The van der Waals surface area contributed by atoms with E-state index in [-0.39, 0.29) is 47.1 Å². The fourth-order valence-corrected chi connectivity index (χ4v) is 3.85. The summed E-state index contributed by atoms with van der Waals surface area (Å²) in [5, 5.41) is 6.72. The number of guanidine groups is 1. The topological polar surface area (TPSA) is 54.9 Å². The molecule has 0 spiro atoms. The number of halogens is 4. The summed E-state index contributed by atoms with van der Waals surface area (Å²) in [6.45, 7) is 1.57. The van der Waals surface area contributed by atoms with E-state index in [1.54, 1.807) is 32.4 Å². The summed E-state index contributed by atoms with van der Waals surface area (Å²) >= 11 is 0. The average molecular weight is 527 g/mol. The Bertz CT molecular complexity index is 696. The van der Waals surface area contributed by atoms with Crippen LogP contribution in [-0.4, -0.2) is 45.7 Å². The van der Waals surface area contributed by atoms with Crippen LogP contribution in [0.25, 0.3) is 0 Å². The van der Waals surface area contributed by atoms with E-state index in [1.807, 2.05) is 0 Å². The van der Waals surface area contributed by atoms with E-state index >= 15 is 0 Å². The number of nitrogens with one attached hydrogen (secondary N) is 2. The number of para-hydroxylation sites is 1. The summed E-state index contributed by atoms with van der Waals surface area (Å²) in [6, 6.07) is 6.38. The first-order chi connectivity index (χ1) is 13.4. The highest BCUT2D eigenvalue weighted by Gasteiger charge is 2.43. The molecule has 5 nitrogen and oxygen atoms in total. The lowest BCUT2D eigenvalue weighted by atomic mass is 9.67. The molecule has 2 N–H and O–H groups in total. The third-order valence-corrected chi connectivity index (χ3v) is 5.76. The Labute approximate surface area is 186 Å². The van der Waals surface area contributed by atoms with E-state index in [1.165, 1.54) is 25.3 Å². The lowest BCUT2D eigenvalue weighted by Crippen LogP contribution is -2.47. The minimum Gasteiger partial charge on any atom is -0.405 e. The molecule has 0 aromatic heterocycles. The van der Waals surface area contributed by atoms with Crippen LogP contribution in [0.5, 0.6) is 5.75 Å². The van der Waals surface area contributed by atoms with Crippen molar-refractivity contribution in [3.05, 3.63) is 29.8 Å². The molecule has 2 unspecified atom stereocenters. The molecule has 2 aliphatic carbocycles. The largest absolute Gasteiger partial charge is 0.573 e. The molecule has 2 fully saturated rings. The molecule has 29 heavy (non-hydrogen) atoms. The molecule has 0 aliphatic heterocycles. The summed E-state index contributed by atoms with van der Waals surface area (Å²) in [5.74, 6) is 0.536. The van der Waals surface area contributed by atoms with Crippen LogP contribution in [0.1, 0.15) is 43.6 Å². The van der Waals surface area contributed by atoms with Gasteiger partial charge in [-0.2, -0.15) is 0 Å². The summed E-state index contributed by atoms with van der Waals surface area (Å²) < 4.78 is 47.3. The smallest absolute Gasteiger partial charge is 0.405 e. The summed E-state index contributed by atoms with van der Waals surface area (Å²) in [6.07, 6.45) is 0.654. The first-order valence-corrected chi connectivity index (χ1v) is 9.67. The SMILES string of the molecule is CN=C(NCC1(CCOC)CCC1)NC1CC1c1ccccc1OC(F)(F)F.I. The van der Waals surface area contributed by atoms with Crippen LogP contribution in [0.2, 0.25) is 0 Å². The number of alkyl halides is 3. The van der Waals surface area contributed by atoms with Gasteiger partial charge in [0.15, 0.2) is 5.96 Å². The Balaban J connectivity index is 0.00000300. The predicted molar refractivity (Wildman–Crippen MR) is 117 cm³/mol. The summed E-state index contributed by atoms with van der Waals surface area (Å²) in [4.78, 5) is 4.27. The van der Waals surface area contributed by atoms with Crippen LogP contribution in [0.15, 0.2) is 29.3 Å². The van der Waals surface area contributed by atoms with Crippen molar-refractivity contribution in [3.8, 4) is 5.75 Å². The van der Waals surface area contributed by atoms with Crippen molar-refractivity contribution >= 4 is 29.9 Å². The first-order valence-electron chi connectivity index (χ1n) is 9.67. The number of methoxy groups -OCH3 is 1. The van der Waals surface area contributed by atoms with Crippen molar-refractivity contribution in [3.63, 3.8) is 0 Å². The molecular formula is C20H29F3IN3O2. The van der Waals surface area contributed by atoms with Crippen LogP contribution in [-0.2, 0) is 4.74 Å². The highest BCUT2D eigenvalue weighted by Crippen LogP contribution is 2.46. The van der Waals surface area contributed by atoms with Crippen molar-refractivity contribution in [2.24, 2.45) is 10.4 Å². The van der Waals surface area contributed by atoms with Gasteiger partial charge in [0.1, 0.15) is 5.75 Å². The number of hydrogen-bond acceptors (Lipinski definition) is 3. The third kappa shape index (κ3) is 6.63. The quantitative estimate of drug-likeness (QED) is 0.299. The number of ether oxygens (including phenoxy) is 2. The van der Waals surface area contributed by atoms with Gasteiger partial charge >= 0.3 is 6.36 Å². The monoisotopic (exact) mass is 527 g/mol. The van der Waals surface area contributed by atoms with Gasteiger partial charge < -0.3 is 20.1 Å². The van der Waals surface area contributed by atoms with Crippen molar-refractivity contribution in [1.82, 2.24) is 10.6 Å². The highest BCUT2D eigenvalue weighted by molar-refractivity contribution is 14.0. The molecule has 0 amide bonds. The molecule has 0 radical (unpaired) electrons. The number of benzene rings is 1. The van der Waals surface area contributed by atoms with Crippen LogP contribution in [0.3, 0.4) is 0 Å². The maximum absolute atomic E-state index is 12.6. The Morgan fingerprint density at radius 2 is 2.00 bits per heavy atom. The van der Waals surface area contributed by atoms with Gasteiger partial charge in [0.25, 0.3) is 0 Å². The Kier molecular flexibility index (Phi) is 8.45. The standard InChI is InChI=1S/C20H28F3N3O2.HI/c1-24-18(25-13-19(8-5-9-19)10-11-27-2)26-16-12-15(16)14-6-3-4-7-17(14)28-20(21,22)23;/h3-4,6-7,15-16H,5,8-13H2,1-2H3,(H2,24,25,26);1H. The predicted octanol–water partition coefficient (Wildman–Crippen LogP) is 4.43. The lowest BCUT2D eigenvalue weighted by molar-refractivity contribution is -0.274. The van der Waals surface area contributed by atoms with Crippen LogP contribution in [0.4, 0.5) is 13.2 Å². The van der Waals surface area contributed by atoms with Gasteiger partial charge in [-0.25, -0.2) is 0 Å². The molecule has 164 valence electrons. The first kappa shape index (κ1) is 24.0.